The predicted octanol–water partition coefficient (Wildman–Crippen LogP) is 2.88. The van der Waals surface area contributed by atoms with E-state index < -0.39 is 0 Å². The summed E-state index contributed by atoms with van der Waals surface area (Å²) >= 11 is 0. The van der Waals surface area contributed by atoms with Gasteiger partial charge < -0.3 is 14.6 Å². The maximum atomic E-state index is 13.8. The van der Waals surface area contributed by atoms with Crippen LogP contribution in [0.1, 0.15) is 49.9 Å². The van der Waals surface area contributed by atoms with E-state index in [4.69, 9.17) is 9.26 Å². The molecule has 1 amide bonds. The molecule has 0 bridgehead atoms. The third-order valence-corrected chi connectivity index (χ3v) is 5.12. The first kappa shape index (κ1) is 21.2. The van der Waals surface area contributed by atoms with Gasteiger partial charge in [0, 0.05) is 44.9 Å². The van der Waals surface area contributed by atoms with Gasteiger partial charge in [-0.3, -0.25) is 9.69 Å². The van der Waals surface area contributed by atoms with E-state index in [-0.39, 0.29) is 23.5 Å². The number of aryl methyl sites for hydroxylation is 2. The van der Waals surface area contributed by atoms with Crippen molar-refractivity contribution >= 4 is 5.91 Å². The van der Waals surface area contributed by atoms with Gasteiger partial charge in [-0.25, -0.2) is 4.39 Å². The first-order valence-corrected chi connectivity index (χ1v) is 10.2. The Bertz CT molecular complexity index is 803. The quantitative estimate of drug-likeness (QED) is 0.692. The van der Waals surface area contributed by atoms with E-state index in [0.29, 0.717) is 31.1 Å². The molecular weight excluding hydrogens is 375 g/mol. The van der Waals surface area contributed by atoms with Crippen molar-refractivity contribution in [1.82, 2.24) is 20.4 Å². The van der Waals surface area contributed by atoms with E-state index in [1.54, 1.807) is 6.07 Å². The smallest absolute Gasteiger partial charge is 0.227 e. The van der Waals surface area contributed by atoms with Gasteiger partial charge >= 0.3 is 0 Å². The maximum absolute atomic E-state index is 13.8. The van der Waals surface area contributed by atoms with Crippen LogP contribution in [0.2, 0.25) is 0 Å². The third kappa shape index (κ3) is 6.25. The Kier molecular flexibility index (Phi) is 7.57. The van der Waals surface area contributed by atoms with Crippen LogP contribution < -0.4 is 10.1 Å². The van der Waals surface area contributed by atoms with E-state index in [1.807, 2.05) is 6.07 Å². The molecule has 1 aliphatic heterocycles. The molecule has 7 nitrogen and oxygen atoms in total. The Labute approximate surface area is 170 Å². The lowest BCUT2D eigenvalue weighted by Gasteiger charge is -2.32. The van der Waals surface area contributed by atoms with Crippen molar-refractivity contribution in [2.75, 3.05) is 20.2 Å². The molecule has 0 aliphatic carbocycles. The SMILES string of the molecule is CCCc1noc(CCC(=O)NC2CCN(Cc3ccc(OC)c(F)c3)CC2)n1. The first-order valence-electron chi connectivity index (χ1n) is 10.2. The average molecular weight is 404 g/mol. The van der Waals surface area contributed by atoms with Crippen molar-refractivity contribution in [1.29, 1.82) is 0 Å². The summed E-state index contributed by atoms with van der Waals surface area (Å²) in [5.41, 5.74) is 0.924. The summed E-state index contributed by atoms with van der Waals surface area (Å²) in [7, 11) is 1.46. The molecule has 0 saturated carbocycles. The minimum absolute atomic E-state index is 0.0101. The first-order chi connectivity index (χ1) is 14.1. The Morgan fingerprint density at radius 2 is 2.14 bits per heavy atom. The summed E-state index contributed by atoms with van der Waals surface area (Å²) in [5.74, 6) is 1.15. The van der Waals surface area contributed by atoms with Gasteiger partial charge in [-0.15, -0.1) is 0 Å². The maximum Gasteiger partial charge on any atom is 0.227 e. The number of carbonyl (C=O) groups excluding carboxylic acids is 1. The molecule has 29 heavy (non-hydrogen) atoms. The Morgan fingerprint density at radius 3 is 2.83 bits per heavy atom. The fourth-order valence-electron chi connectivity index (χ4n) is 3.54. The van der Waals surface area contributed by atoms with Crippen molar-refractivity contribution in [2.24, 2.45) is 0 Å². The van der Waals surface area contributed by atoms with Gasteiger partial charge in [0.1, 0.15) is 0 Å². The summed E-state index contributed by atoms with van der Waals surface area (Å²) in [6, 6.07) is 5.24. The lowest BCUT2D eigenvalue weighted by Crippen LogP contribution is -2.44. The summed E-state index contributed by atoms with van der Waals surface area (Å²) in [6.45, 7) is 4.48. The fourth-order valence-corrected chi connectivity index (χ4v) is 3.54. The molecule has 0 radical (unpaired) electrons. The zero-order valence-electron chi connectivity index (χ0n) is 17.1. The van der Waals surface area contributed by atoms with E-state index in [0.717, 1.165) is 44.3 Å². The molecule has 1 aliphatic rings. The Balaban J connectivity index is 1.37. The summed E-state index contributed by atoms with van der Waals surface area (Å²) in [4.78, 5) is 18.8. The molecule has 1 saturated heterocycles. The standard InChI is InChI=1S/C21H29FN4O3/c1-3-4-19-24-21(29-25-19)8-7-20(27)23-16-9-11-26(12-10-16)14-15-5-6-18(28-2)17(22)13-15/h5-6,13,16H,3-4,7-12,14H2,1-2H3,(H,23,27). The largest absolute Gasteiger partial charge is 0.494 e. The van der Waals surface area contributed by atoms with Crippen LogP contribution in [0.4, 0.5) is 4.39 Å². The predicted molar refractivity (Wildman–Crippen MR) is 106 cm³/mol. The number of ether oxygens (including phenoxy) is 1. The number of nitrogens with zero attached hydrogens (tertiary/aromatic N) is 3. The number of hydrogen-bond donors (Lipinski definition) is 1. The Morgan fingerprint density at radius 1 is 1.34 bits per heavy atom. The van der Waals surface area contributed by atoms with Crippen LogP contribution in [0.3, 0.4) is 0 Å². The van der Waals surface area contributed by atoms with Gasteiger partial charge in [0.15, 0.2) is 17.4 Å². The fraction of sp³-hybridized carbons (Fsp3) is 0.571. The minimum Gasteiger partial charge on any atom is -0.494 e. The zero-order valence-corrected chi connectivity index (χ0v) is 17.1. The lowest BCUT2D eigenvalue weighted by molar-refractivity contribution is -0.122. The van der Waals surface area contributed by atoms with Crippen LogP contribution >= 0.6 is 0 Å². The Hall–Kier alpha value is -2.48. The number of aromatic nitrogens is 2. The molecular formula is C21H29FN4O3. The number of piperidine rings is 1. The van der Waals surface area contributed by atoms with Gasteiger partial charge in [-0.05, 0) is 37.0 Å². The highest BCUT2D eigenvalue weighted by Gasteiger charge is 2.21. The molecule has 0 unspecified atom stereocenters. The number of hydrogen-bond acceptors (Lipinski definition) is 6. The van der Waals surface area contributed by atoms with E-state index >= 15 is 0 Å². The summed E-state index contributed by atoms with van der Waals surface area (Å²) in [5, 5.41) is 7.00. The molecule has 1 N–H and O–H groups in total. The lowest BCUT2D eigenvalue weighted by atomic mass is 10.0. The number of nitrogens with one attached hydrogen (secondary N) is 1. The third-order valence-electron chi connectivity index (χ3n) is 5.12. The zero-order chi connectivity index (χ0) is 20.6. The molecule has 0 spiro atoms. The van der Waals surface area contributed by atoms with Crippen molar-refractivity contribution in [2.45, 2.75) is 58.0 Å². The molecule has 0 atom stereocenters. The second-order valence-corrected chi connectivity index (χ2v) is 7.44. The molecule has 2 aromatic rings. The topological polar surface area (TPSA) is 80.5 Å². The van der Waals surface area contributed by atoms with Crippen LogP contribution in [0.15, 0.2) is 22.7 Å². The van der Waals surface area contributed by atoms with Gasteiger partial charge in [0.25, 0.3) is 0 Å². The van der Waals surface area contributed by atoms with Gasteiger partial charge in [-0.2, -0.15) is 4.98 Å². The van der Waals surface area contributed by atoms with E-state index in [9.17, 15) is 9.18 Å². The number of halogens is 1. The monoisotopic (exact) mass is 404 g/mol. The number of methoxy groups -OCH3 is 1. The van der Waals surface area contributed by atoms with Crippen LogP contribution in [0.5, 0.6) is 5.75 Å². The van der Waals surface area contributed by atoms with Gasteiger partial charge in [-0.1, -0.05) is 18.1 Å². The molecule has 2 heterocycles. The van der Waals surface area contributed by atoms with Crippen LogP contribution in [-0.2, 0) is 24.2 Å². The summed E-state index contributed by atoms with van der Waals surface area (Å²) in [6.07, 6.45) is 4.32. The van der Waals surface area contributed by atoms with Crippen LogP contribution in [0.25, 0.3) is 0 Å². The highest BCUT2D eigenvalue weighted by Crippen LogP contribution is 2.20. The number of carbonyl (C=O) groups is 1. The summed E-state index contributed by atoms with van der Waals surface area (Å²) < 4.78 is 24.0. The number of amides is 1. The molecule has 1 aromatic heterocycles. The van der Waals surface area contributed by atoms with Crippen molar-refractivity contribution in [3.05, 3.63) is 41.3 Å². The minimum atomic E-state index is -0.338. The highest BCUT2D eigenvalue weighted by atomic mass is 19.1. The van der Waals surface area contributed by atoms with Crippen molar-refractivity contribution < 1.29 is 18.4 Å². The molecule has 1 aromatic carbocycles. The highest BCUT2D eigenvalue weighted by molar-refractivity contribution is 5.76. The number of benzene rings is 1. The molecule has 8 heteroatoms. The molecule has 1 fully saturated rings. The van der Waals surface area contributed by atoms with E-state index in [2.05, 4.69) is 27.3 Å². The number of rotatable bonds is 9. The van der Waals surface area contributed by atoms with Crippen molar-refractivity contribution in [3.63, 3.8) is 0 Å². The normalized spacial score (nSPS) is 15.4. The van der Waals surface area contributed by atoms with Crippen molar-refractivity contribution in [3.8, 4) is 5.75 Å². The second kappa shape index (κ2) is 10.3. The second-order valence-electron chi connectivity index (χ2n) is 7.44. The van der Waals surface area contributed by atoms with Gasteiger partial charge in [0.05, 0.1) is 7.11 Å². The average Bonchev–Trinajstić information content (AvgIpc) is 3.16. The van der Waals surface area contributed by atoms with Crippen LogP contribution in [0, 0.1) is 5.82 Å². The van der Waals surface area contributed by atoms with Gasteiger partial charge in [0.2, 0.25) is 11.8 Å². The number of likely N-dealkylation sites (tertiary alicyclic amines) is 1. The molecule has 158 valence electrons. The molecule has 3 rings (SSSR count). The van der Waals surface area contributed by atoms with E-state index in [1.165, 1.54) is 13.2 Å². The van der Waals surface area contributed by atoms with Crippen LogP contribution in [-0.4, -0.2) is 47.2 Å².